The number of nitrogens with zero attached hydrogens (tertiary/aromatic N) is 1. The first-order chi connectivity index (χ1) is 15.4. The molecule has 1 aliphatic heterocycles. The van der Waals surface area contributed by atoms with Crippen LogP contribution in [0.25, 0.3) is 6.08 Å². The fourth-order valence-electron chi connectivity index (χ4n) is 3.14. The predicted molar refractivity (Wildman–Crippen MR) is 125 cm³/mol. The molecule has 32 heavy (non-hydrogen) atoms. The fourth-order valence-corrected chi connectivity index (χ4v) is 3.61. The number of rotatable bonds is 5. The van der Waals surface area contributed by atoms with Gasteiger partial charge in [-0.25, -0.2) is 9.69 Å². The number of hydrogen-bond donors (Lipinski definition) is 1. The van der Waals surface area contributed by atoms with Gasteiger partial charge in [0.2, 0.25) is 0 Å². The molecule has 160 valence electrons. The number of benzene rings is 3. The maximum absolute atomic E-state index is 13.0. The van der Waals surface area contributed by atoms with Crippen molar-refractivity contribution in [1.82, 2.24) is 5.32 Å². The number of amides is 4. The van der Waals surface area contributed by atoms with Gasteiger partial charge in [0, 0.05) is 9.50 Å². The van der Waals surface area contributed by atoms with Gasteiger partial charge in [-0.1, -0.05) is 51.8 Å². The minimum absolute atomic E-state index is 0.153. The van der Waals surface area contributed by atoms with Crippen LogP contribution in [0.3, 0.4) is 0 Å². The monoisotopic (exact) mass is 510 g/mol. The number of imide groups is 2. The molecule has 0 bridgehead atoms. The van der Waals surface area contributed by atoms with Crippen molar-refractivity contribution in [2.45, 2.75) is 6.61 Å². The van der Waals surface area contributed by atoms with Crippen molar-refractivity contribution in [1.29, 1.82) is 0 Å². The van der Waals surface area contributed by atoms with Gasteiger partial charge in [0.05, 0.1) is 5.69 Å². The Bertz CT molecular complexity index is 1240. The number of ether oxygens (including phenoxy) is 1. The van der Waals surface area contributed by atoms with Crippen LogP contribution < -0.4 is 15.0 Å². The van der Waals surface area contributed by atoms with Crippen LogP contribution in [0, 0.1) is 0 Å². The van der Waals surface area contributed by atoms with Gasteiger partial charge in [0.15, 0.2) is 0 Å². The summed E-state index contributed by atoms with van der Waals surface area (Å²) < 4.78 is 6.61. The lowest BCUT2D eigenvalue weighted by molar-refractivity contribution is -0.122. The molecule has 0 unspecified atom stereocenters. The molecular formula is C24H16BrClN2O4. The first-order valence-corrected chi connectivity index (χ1v) is 10.7. The molecule has 6 nitrogen and oxygen atoms in total. The fraction of sp³-hybridized carbons (Fsp3) is 0.0417. The van der Waals surface area contributed by atoms with Gasteiger partial charge in [-0.15, -0.1) is 0 Å². The number of anilines is 1. The minimum Gasteiger partial charge on any atom is -0.489 e. The number of carbonyl (C=O) groups is 3. The van der Waals surface area contributed by atoms with E-state index in [-0.39, 0.29) is 5.57 Å². The highest BCUT2D eigenvalue weighted by Gasteiger charge is 2.36. The van der Waals surface area contributed by atoms with E-state index in [0.29, 0.717) is 28.6 Å². The molecule has 3 aromatic carbocycles. The lowest BCUT2D eigenvalue weighted by Gasteiger charge is -2.26. The van der Waals surface area contributed by atoms with Crippen LogP contribution in [0.15, 0.2) is 82.8 Å². The van der Waals surface area contributed by atoms with E-state index in [4.69, 9.17) is 16.3 Å². The normalized spacial score (nSPS) is 15.1. The summed E-state index contributed by atoms with van der Waals surface area (Å²) in [5.74, 6) is -0.895. The molecule has 0 radical (unpaired) electrons. The molecule has 3 aromatic rings. The molecule has 4 rings (SSSR count). The standard InChI is InChI=1S/C24H16BrClN2O4/c25-17-7-9-19(10-8-17)28-23(30)21(22(29)27-24(28)31)13-15-3-2-6-20(12-15)32-14-16-4-1-5-18(26)11-16/h1-13H,14H2,(H,27,29,31)/b21-13-. The van der Waals surface area contributed by atoms with E-state index in [1.165, 1.54) is 6.08 Å². The van der Waals surface area contributed by atoms with Crippen LogP contribution in [0.2, 0.25) is 5.02 Å². The summed E-state index contributed by atoms with van der Waals surface area (Å²) in [4.78, 5) is 38.6. The number of urea groups is 1. The third kappa shape index (κ3) is 4.90. The quantitative estimate of drug-likeness (QED) is 0.370. The second-order valence-electron chi connectivity index (χ2n) is 6.93. The number of hydrogen-bond acceptors (Lipinski definition) is 4. The second kappa shape index (κ2) is 9.38. The summed E-state index contributed by atoms with van der Waals surface area (Å²) in [7, 11) is 0. The van der Waals surface area contributed by atoms with E-state index in [9.17, 15) is 14.4 Å². The molecule has 0 aromatic heterocycles. The third-order valence-electron chi connectivity index (χ3n) is 4.65. The van der Waals surface area contributed by atoms with Gasteiger partial charge < -0.3 is 4.74 Å². The van der Waals surface area contributed by atoms with Gasteiger partial charge in [-0.05, 0) is 65.7 Å². The SMILES string of the molecule is O=C1NC(=O)N(c2ccc(Br)cc2)C(=O)/C1=C\c1cccc(OCc2cccc(Cl)c2)c1. The Balaban J connectivity index is 1.57. The van der Waals surface area contributed by atoms with Gasteiger partial charge in [-0.2, -0.15) is 0 Å². The van der Waals surface area contributed by atoms with Crippen molar-refractivity contribution in [2.24, 2.45) is 0 Å². The largest absolute Gasteiger partial charge is 0.489 e. The Labute approximate surface area is 197 Å². The smallest absolute Gasteiger partial charge is 0.335 e. The summed E-state index contributed by atoms with van der Waals surface area (Å²) in [6.07, 6.45) is 1.43. The summed E-state index contributed by atoms with van der Waals surface area (Å²) >= 11 is 9.31. The molecular weight excluding hydrogens is 496 g/mol. The molecule has 0 spiro atoms. The lowest BCUT2D eigenvalue weighted by Crippen LogP contribution is -2.54. The molecule has 8 heteroatoms. The zero-order chi connectivity index (χ0) is 22.7. The summed E-state index contributed by atoms with van der Waals surface area (Å²) in [6.45, 7) is 0.311. The third-order valence-corrected chi connectivity index (χ3v) is 5.41. The molecule has 1 aliphatic rings. The molecule has 1 fully saturated rings. The zero-order valence-electron chi connectivity index (χ0n) is 16.5. The van der Waals surface area contributed by atoms with Crippen molar-refractivity contribution in [3.63, 3.8) is 0 Å². The highest BCUT2D eigenvalue weighted by atomic mass is 79.9. The van der Waals surface area contributed by atoms with Gasteiger partial charge >= 0.3 is 6.03 Å². The average Bonchev–Trinajstić information content (AvgIpc) is 2.77. The van der Waals surface area contributed by atoms with Gasteiger partial charge in [0.25, 0.3) is 11.8 Å². The van der Waals surface area contributed by atoms with Crippen molar-refractivity contribution in [3.05, 3.63) is 99.0 Å². The van der Waals surface area contributed by atoms with Crippen LogP contribution in [-0.4, -0.2) is 17.8 Å². The van der Waals surface area contributed by atoms with E-state index in [1.54, 1.807) is 54.6 Å². The number of carbonyl (C=O) groups excluding carboxylic acids is 3. The first-order valence-electron chi connectivity index (χ1n) is 9.55. The summed E-state index contributed by atoms with van der Waals surface area (Å²) in [5, 5.41) is 2.83. The Morgan fingerprint density at radius 3 is 2.47 bits per heavy atom. The average molecular weight is 512 g/mol. The van der Waals surface area contributed by atoms with E-state index in [1.807, 2.05) is 18.2 Å². The maximum Gasteiger partial charge on any atom is 0.335 e. The Hall–Kier alpha value is -3.42. The van der Waals surface area contributed by atoms with Gasteiger partial charge in [-0.3, -0.25) is 14.9 Å². The summed E-state index contributed by atoms with van der Waals surface area (Å²) in [6, 6.07) is 20.1. The maximum atomic E-state index is 13.0. The minimum atomic E-state index is -0.793. The topological polar surface area (TPSA) is 75.7 Å². The molecule has 0 atom stereocenters. The van der Waals surface area contributed by atoms with Crippen LogP contribution in [0.1, 0.15) is 11.1 Å². The zero-order valence-corrected chi connectivity index (χ0v) is 18.9. The summed E-state index contributed by atoms with van der Waals surface area (Å²) in [5.41, 5.74) is 1.69. The van der Waals surface area contributed by atoms with Crippen LogP contribution >= 0.6 is 27.5 Å². The van der Waals surface area contributed by atoms with Crippen molar-refractivity contribution >= 4 is 57.1 Å². The predicted octanol–water partition coefficient (Wildman–Crippen LogP) is 5.35. The van der Waals surface area contributed by atoms with E-state index in [2.05, 4.69) is 21.2 Å². The van der Waals surface area contributed by atoms with Crippen molar-refractivity contribution in [2.75, 3.05) is 4.90 Å². The highest BCUT2D eigenvalue weighted by Crippen LogP contribution is 2.25. The molecule has 1 heterocycles. The molecule has 0 saturated carbocycles. The Morgan fingerprint density at radius 1 is 0.969 bits per heavy atom. The van der Waals surface area contributed by atoms with Crippen LogP contribution in [0.4, 0.5) is 10.5 Å². The van der Waals surface area contributed by atoms with E-state index < -0.39 is 17.8 Å². The Kier molecular flexibility index (Phi) is 6.39. The molecule has 1 saturated heterocycles. The van der Waals surface area contributed by atoms with Crippen molar-refractivity contribution in [3.8, 4) is 5.75 Å². The molecule has 4 amide bonds. The highest BCUT2D eigenvalue weighted by molar-refractivity contribution is 9.10. The molecule has 1 N–H and O–H groups in total. The van der Waals surface area contributed by atoms with Gasteiger partial charge in [0.1, 0.15) is 17.9 Å². The lowest BCUT2D eigenvalue weighted by atomic mass is 10.1. The number of nitrogens with one attached hydrogen (secondary N) is 1. The van der Waals surface area contributed by atoms with E-state index in [0.717, 1.165) is 14.9 Å². The van der Waals surface area contributed by atoms with E-state index >= 15 is 0 Å². The van der Waals surface area contributed by atoms with Crippen LogP contribution in [-0.2, 0) is 16.2 Å². The second-order valence-corrected chi connectivity index (χ2v) is 8.28. The number of barbiturate groups is 1. The number of halogens is 2. The first kappa shape index (κ1) is 21.8. The Morgan fingerprint density at radius 2 is 1.72 bits per heavy atom. The molecule has 0 aliphatic carbocycles. The van der Waals surface area contributed by atoms with Crippen molar-refractivity contribution < 1.29 is 19.1 Å². The van der Waals surface area contributed by atoms with Crippen LogP contribution in [0.5, 0.6) is 5.75 Å².